The zero-order chi connectivity index (χ0) is 6.53. The molecule has 9 heavy (non-hydrogen) atoms. The molecule has 0 saturated carbocycles. The minimum absolute atomic E-state index is 0.0878. The first kappa shape index (κ1) is 6.51. The fourth-order valence-corrected chi connectivity index (χ4v) is 0.714. The van der Waals surface area contributed by atoms with Gasteiger partial charge in [-0.25, -0.2) is 0 Å². The summed E-state index contributed by atoms with van der Waals surface area (Å²) < 4.78 is 9.51. The van der Waals surface area contributed by atoms with E-state index < -0.39 is 0 Å². The molecule has 0 aromatic rings. The summed E-state index contributed by atoms with van der Waals surface area (Å²) >= 11 is 0. The largest absolute Gasteiger partial charge is 0.464 e. The van der Waals surface area contributed by atoms with E-state index in [0.717, 1.165) is 6.54 Å². The van der Waals surface area contributed by atoms with Crippen molar-refractivity contribution < 1.29 is 14.3 Å². The van der Waals surface area contributed by atoms with Crippen LogP contribution in [0.4, 0.5) is 0 Å². The highest BCUT2D eigenvalue weighted by atomic mass is 16.6. The van der Waals surface area contributed by atoms with Crippen molar-refractivity contribution in [3.63, 3.8) is 0 Å². The molecule has 0 bridgehead atoms. The number of carbonyl (C=O) groups is 1. The number of nitrogens with one attached hydrogen (secondary N) is 1. The SMILES string of the molecule is O=COCC1NCCO1. The van der Waals surface area contributed by atoms with Crippen molar-refractivity contribution in [1.82, 2.24) is 5.32 Å². The Hall–Kier alpha value is -0.610. The zero-order valence-electron chi connectivity index (χ0n) is 5.00. The van der Waals surface area contributed by atoms with Crippen LogP contribution in [0.25, 0.3) is 0 Å². The lowest BCUT2D eigenvalue weighted by atomic mass is 10.6. The van der Waals surface area contributed by atoms with Crippen LogP contribution in [0.5, 0.6) is 0 Å². The van der Waals surface area contributed by atoms with E-state index in [1.54, 1.807) is 0 Å². The van der Waals surface area contributed by atoms with Gasteiger partial charge in [-0.3, -0.25) is 10.1 Å². The molecule has 0 radical (unpaired) electrons. The van der Waals surface area contributed by atoms with Gasteiger partial charge in [0.2, 0.25) is 0 Å². The van der Waals surface area contributed by atoms with Crippen molar-refractivity contribution in [1.29, 1.82) is 0 Å². The van der Waals surface area contributed by atoms with Gasteiger partial charge in [-0.05, 0) is 0 Å². The molecule has 4 nitrogen and oxygen atoms in total. The molecule has 1 aliphatic rings. The second-order valence-electron chi connectivity index (χ2n) is 1.74. The van der Waals surface area contributed by atoms with Crippen LogP contribution in [0.2, 0.25) is 0 Å². The maximum absolute atomic E-state index is 9.66. The molecule has 1 fully saturated rings. The summed E-state index contributed by atoms with van der Waals surface area (Å²) in [6.45, 7) is 2.27. The molecule has 1 saturated heterocycles. The molecule has 1 atom stereocenters. The standard InChI is InChI=1S/C5H9NO3/c7-4-8-3-5-6-1-2-9-5/h4-6H,1-3H2. The Morgan fingerprint density at radius 3 is 3.33 bits per heavy atom. The van der Waals surface area contributed by atoms with Gasteiger partial charge in [0.25, 0.3) is 6.47 Å². The highest BCUT2D eigenvalue weighted by Crippen LogP contribution is 1.93. The third-order valence-electron chi connectivity index (χ3n) is 1.11. The summed E-state index contributed by atoms with van der Waals surface area (Å²) in [5.41, 5.74) is 0. The number of carbonyl (C=O) groups excluding carboxylic acids is 1. The fraction of sp³-hybridized carbons (Fsp3) is 0.800. The van der Waals surface area contributed by atoms with Crippen molar-refractivity contribution in [2.45, 2.75) is 6.23 Å². The smallest absolute Gasteiger partial charge is 0.293 e. The Morgan fingerprint density at radius 1 is 1.89 bits per heavy atom. The normalized spacial score (nSPS) is 26.0. The Bertz CT molecular complexity index is 90.2. The van der Waals surface area contributed by atoms with Crippen LogP contribution in [0.3, 0.4) is 0 Å². The van der Waals surface area contributed by atoms with E-state index in [9.17, 15) is 4.79 Å². The van der Waals surface area contributed by atoms with E-state index in [-0.39, 0.29) is 6.23 Å². The minimum atomic E-state index is -0.0878. The number of ether oxygens (including phenoxy) is 2. The van der Waals surface area contributed by atoms with Gasteiger partial charge in [0.1, 0.15) is 12.8 Å². The molecule has 1 N–H and O–H groups in total. The van der Waals surface area contributed by atoms with Crippen molar-refractivity contribution in [3.8, 4) is 0 Å². The first-order chi connectivity index (χ1) is 4.43. The molecule has 1 aliphatic heterocycles. The van der Waals surface area contributed by atoms with Gasteiger partial charge in [-0.2, -0.15) is 0 Å². The maximum atomic E-state index is 9.66. The Balaban J connectivity index is 2.04. The van der Waals surface area contributed by atoms with Gasteiger partial charge in [-0.1, -0.05) is 0 Å². The third-order valence-corrected chi connectivity index (χ3v) is 1.11. The highest BCUT2D eigenvalue weighted by Gasteiger charge is 2.13. The van der Waals surface area contributed by atoms with Gasteiger partial charge in [0, 0.05) is 6.54 Å². The lowest BCUT2D eigenvalue weighted by molar-refractivity contribution is -0.132. The van der Waals surface area contributed by atoms with Crippen LogP contribution in [-0.4, -0.2) is 32.5 Å². The molecule has 1 rings (SSSR count). The molecule has 1 heterocycles. The highest BCUT2D eigenvalue weighted by molar-refractivity contribution is 5.36. The van der Waals surface area contributed by atoms with Crippen LogP contribution in [-0.2, 0) is 14.3 Å². The fourth-order valence-electron chi connectivity index (χ4n) is 0.714. The molecular weight excluding hydrogens is 122 g/mol. The number of hydrogen-bond acceptors (Lipinski definition) is 4. The summed E-state index contributed by atoms with van der Waals surface area (Å²) in [7, 11) is 0. The lowest BCUT2D eigenvalue weighted by Crippen LogP contribution is -2.27. The summed E-state index contributed by atoms with van der Waals surface area (Å²) in [4.78, 5) is 9.66. The van der Waals surface area contributed by atoms with Gasteiger partial charge < -0.3 is 9.47 Å². The van der Waals surface area contributed by atoms with E-state index in [1.807, 2.05) is 0 Å². The molecule has 0 amide bonds. The Labute approximate surface area is 53.1 Å². The molecule has 4 heteroatoms. The second kappa shape index (κ2) is 3.42. The van der Waals surface area contributed by atoms with Crippen LogP contribution in [0.1, 0.15) is 0 Å². The first-order valence-electron chi connectivity index (χ1n) is 2.83. The molecule has 1 unspecified atom stereocenters. The van der Waals surface area contributed by atoms with Gasteiger partial charge in [-0.15, -0.1) is 0 Å². The van der Waals surface area contributed by atoms with Crippen molar-refractivity contribution in [3.05, 3.63) is 0 Å². The third kappa shape index (κ3) is 1.99. The molecule has 0 spiro atoms. The van der Waals surface area contributed by atoms with Gasteiger partial charge >= 0.3 is 0 Å². The van der Waals surface area contributed by atoms with E-state index >= 15 is 0 Å². The number of rotatable bonds is 3. The molecular formula is C5H9NO3. The van der Waals surface area contributed by atoms with Crippen LogP contribution in [0, 0.1) is 0 Å². The van der Waals surface area contributed by atoms with Gasteiger partial charge in [0.15, 0.2) is 0 Å². The van der Waals surface area contributed by atoms with Crippen molar-refractivity contribution in [2.24, 2.45) is 0 Å². The van der Waals surface area contributed by atoms with E-state index in [0.29, 0.717) is 19.7 Å². The zero-order valence-corrected chi connectivity index (χ0v) is 5.00. The van der Waals surface area contributed by atoms with Crippen LogP contribution >= 0.6 is 0 Å². The van der Waals surface area contributed by atoms with E-state index in [4.69, 9.17) is 4.74 Å². The average molecular weight is 131 g/mol. The average Bonchev–Trinajstić information content (AvgIpc) is 2.34. The Morgan fingerprint density at radius 2 is 2.78 bits per heavy atom. The maximum Gasteiger partial charge on any atom is 0.293 e. The second-order valence-corrected chi connectivity index (χ2v) is 1.74. The summed E-state index contributed by atoms with van der Waals surface area (Å²) in [6.07, 6.45) is -0.0878. The van der Waals surface area contributed by atoms with Gasteiger partial charge in [0.05, 0.1) is 6.61 Å². The molecule has 52 valence electrons. The van der Waals surface area contributed by atoms with E-state index in [2.05, 4.69) is 10.1 Å². The molecule has 0 aromatic carbocycles. The van der Waals surface area contributed by atoms with Crippen LogP contribution < -0.4 is 5.32 Å². The molecule has 0 aromatic heterocycles. The molecule has 0 aliphatic carbocycles. The van der Waals surface area contributed by atoms with Crippen molar-refractivity contribution in [2.75, 3.05) is 19.8 Å². The lowest BCUT2D eigenvalue weighted by Gasteiger charge is -2.05. The minimum Gasteiger partial charge on any atom is -0.464 e. The number of hydrogen-bond donors (Lipinski definition) is 1. The Kier molecular flexibility index (Phi) is 2.48. The topological polar surface area (TPSA) is 47.6 Å². The van der Waals surface area contributed by atoms with Crippen LogP contribution in [0.15, 0.2) is 0 Å². The monoisotopic (exact) mass is 131 g/mol. The van der Waals surface area contributed by atoms with E-state index in [1.165, 1.54) is 0 Å². The predicted molar refractivity (Wildman–Crippen MR) is 29.8 cm³/mol. The van der Waals surface area contributed by atoms with Crippen molar-refractivity contribution >= 4 is 6.47 Å². The quantitative estimate of drug-likeness (QED) is 0.504. The summed E-state index contributed by atoms with van der Waals surface area (Å²) in [5, 5.41) is 2.99. The summed E-state index contributed by atoms with van der Waals surface area (Å²) in [5.74, 6) is 0. The predicted octanol–water partition coefficient (Wildman–Crippen LogP) is -0.895. The first-order valence-corrected chi connectivity index (χ1v) is 2.83. The summed E-state index contributed by atoms with van der Waals surface area (Å²) in [6, 6.07) is 0.